The fourth-order valence-corrected chi connectivity index (χ4v) is 5.60. The van der Waals surface area contributed by atoms with E-state index in [0.717, 1.165) is 49.9 Å². The molecular weight excluding hydrogens is 437 g/mol. The molecule has 1 saturated carbocycles. The van der Waals surface area contributed by atoms with Crippen molar-refractivity contribution >= 4 is 17.6 Å². The maximum absolute atomic E-state index is 15.3. The number of nitrogens with one attached hydrogen (secondary N) is 1. The van der Waals surface area contributed by atoms with E-state index in [1.165, 1.54) is 11.6 Å². The number of nitrogens with two attached hydrogens (primary N) is 2. The number of hydrogen-bond acceptors (Lipinski definition) is 5. The predicted molar refractivity (Wildman–Crippen MR) is 128 cm³/mol. The largest absolute Gasteiger partial charge is 0.480 e. The number of rotatable bonds is 7. The molecule has 1 fully saturated rings. The van der Waals surface area contributed by atoms with E-state index in [-0.39, 0.29) is 16.7 Å². The highest BCUT2D eigenvalue weighted by atomic mass is 19.1. The molecule has 0 unspecified atom stereocenters. The van der Waals surface area contributed by atoms with E-state index >= 15 is 4.39 Å². The number of benzene rings is 1. The molecule has 1 atom stereocenters. The molecule has 0 aliphatic heterocycles. The van der Waals surface area contributed by atoms with Crippen molar-refractivity contribution < 1.29 is 19.1 Å². The first-order chi connectivity index (χ1) is 16.0. The van der Waals surface area contributed by atoms with Gasteiger partial charge >= 0.3 is 5.97 Å². The van der Waals surface area contributed by atoms with Gasteiger partial charge < -0.3 is 21.9 Å². The Labute approximate surface area is 198 Å². The van der Waals surface area contributed by atoms with Crippen LogP contribution in [0.25, 0.3) is 5.69 Å². The number of fused-ring (bicyclic) bond motifs is 1. The fourth-order valence-electron chi connectivity index (χ4n) is 5.60. The van der Waals surface area contributed by atoms with Gasteiger partial charge in [0.25, 0.3) is 5.91 Å². The Balaban J connectivity index is 1.86. The molecule has 8 nitrogen and oxygen atoms in total. The number of carbonyl (C=O) groups excluding carboxylic acids is 1. The molecule has 0 saturated heterocycles. The average molecular weight is 472 g/mol. The smallest absolute Gasteiger partial charge is 0.322 e. The number of amides is 1. The second-order valence-electron chi connectivity index (χ2n) is 10.5. The van der Waals surface area contributed by atoms with Gasteiger partial charge in [0.05, 0.1) is 28.2 Å². The predicted octanol–water partition coefficient (Wildman–Crippen LogP) is 3.32. The molecule has 4 rings (SSSR count). The topological polar surface area (TPSA) is 136 Å². The van der Waals surface area contributed by atoms with Crippen LogP contribution in [-0.2, 0) is 24.1 Å². The lowest BCUT2D eigenvalue weighted by Crippen LogP contribution is -2.56. The second kappa shape index (κ2) is 8.69. The summed E-state index contributed by atoms with van der Waals surface area (Å²) in [6.45, 7) is 6.47. The molecule has 0 radical (unpaired) electrons. The standard InChI is InChI=1S/C25H34FN5O3/c1-4-17-15-7-10-24(2,3)13-19(15)31(30-17)14-11-16(26)20(22(28)32)18(12-14)29-25(8-5-6-9-25)21(27)23(33)34/h11-12,21,29H,4-10,13,27H2,1-3H3,(H2,28,32)(H,33,34)/t21-/m1/s1. The van der Waals surface area contributed by atoms with Gasteiger partial charge in [0.2, 0.25) is 0 Å². The van der Waals surface area contributed by atoms with E-state index in [2.05, 4.69) is 19.2 Å². The van der Waals surface area contributed by atoms with Gasteiger partial charge in [-0.05, 0) is 55.6 Å². The maximum Gasteiger partial charge on any atom is 0.322 e. The first kappa shape index (κ1) is 24.2. The Bertz CT molecular complexity index is 1130. The number of aromatic nitrogens is 2. The summed E-state index contributed by atoms with van der Waals surface area (Å²) < 4.78 is 17.1. The number of carboxylic acid groups (broad SMARTS) is 1. The lowest BCUT2D eigenvalue weighted by molar-refractivity contribution is -0.139. The Morgan fingerprint density at radius 3 is 2.53 bits per heavy atom. The molecule has 2 aromatic rings. The van der Waals surface area contributed by atoms with Crippen LogP contribution < -0.4 is 16.8 Å². The van der Waals surface area contributed by atoms with Crippen molar-refractivity contribution in [1.82, 2.24) is 9.78 Å². The molecule has 2 aliphatic rings. The van der Waals surface area contributed by atoms with Crippen LogP contribution in [0.5, 0.6) is 0 Å². The van der Waals surface area contributed by atoms with Gasteiger partial charge in [-0.25, -0.2) is 9.07 Å². The van der Waals surface area contributed by atoms with Crippen molar-refractivity contribution in [3.05, 3.63) is 40.5 Å². The highest BCUT2D eigenvalue weighted by Crippen LogP contribution is 2.40. The monoisotopic (exact) mass is 471 g/mol. The number of carboxylic acids is 1. The van der Waals surface area contributed by atoms with Crippen LogP contribution in [0.3, 0.4) is 0 Å². The lowest BCUT2D eigenvalue weighted by Gasteiger charge is -2.35. The average Bonchev–Trinajstić information content (AvgIpc) is 3.36. The van der Waals surface area contributed by atoms with Crippen LogP contribution in [-0.4, -0.2) is 38.3 Å². The van der Waals surface area contributed by atoms with Crippen LogP contribution in [0.15, 0.2) is 12.1 Å². The number of carbonyl (C=O) groups is 2. The van der Waals surface area contributed by atoms with Gasteiger partial charge in [-0.15, -0.1) is 0 Å². The molecule has 0 bridgehead atoms. The number of nitrogens with zero attached hydrogens (tertiary/aromatic N) is 2. The summed E-state index contributed by atoms with van der Waals surface area (Å²) in [4.78, 5) is 24.0. The number of aliphatic carboxylic acids is 1. The third kappa shape index (κ3) is 4.17. The van der Waals surface area contributed by atoms with Crippen LogP contribution in [0.1, 0.15) is 80.2 Å². The highest BCUT2D eigenvalue weighted by molar-refractivity contribution is 5.99. The molecule has 1 heterocycles. The van der Waals surface area contributed by atoms with E-state index in [4.69, 9.17) is 16.6 Å². The van der Waals surface area contributed by atoms with Gasteiger partial charge in [0, 0.05) is 11.8 Å². The third-order valence-electron chi connectivity index (χ3n) is 7.51. The van der Waals surface area contributed by atoms with Crippen LogP contribution >= 0.6 is 0 Å². The number of anilines is 1. The van der Waals surface area contributed by atoms with Crippen molar-refractivity contribution in [2.75, 3.05) is 5.32 Å². The summed E-state index contributed by atoms with van der Waals surface area (Å²) in [5.41, 5.74) is 14.3. The normalized spacial score (nSPS) is 19.4. The van der Waals surface area contributed by atoms with Crippen molar-refractivity contribution in [3.8, 4) is 5.69 Å². The molecule has 1 amide bonds. The van der Waals surface area contributed by atoms with Gasteiger partial charge in [-0.3, -0.25) is 9.59 Å². The Morgan fingerprint density at radius 1 is 1.26 bits per heavy atom. The minimum Gasteiger partial charge on any atom is -0.480 e. The Morgan fingerprint density at radius 2 is 1.94 bits per heavy atom. The van der Waals surface area contributed by atoms with Crippen LogP contribution in [0.4, 0.5) is 10.1 Å². The highest BCUT2D eigenvalue weighted by Gasteiger charge is 2.44. The second-order valence-corrected chi connectivity index (χ2v) is 10.5. The molecule has 1 aromatic carbocycles. The fraction of sp³-hybridized carbons (Fsp3) is 0.560. The summed E-state index contributed by atoms with van der Waals surface area (Å²) in [5, 5.41) is 17.6. The zero-order valence-corrected chi connectivity index (χ0v) is 20.1. The van der Waals surface area contributed by atoms with Crippen molar-refractivity contribution in [3.63, 3.8) is 0 Å². The summed E-state index contributed by atoms with van der Waals surface area (Å²) in [7, 11) is 0. The summed E-state index contributed by atoms with van der Waals surface area (Å²) >= 11 is 0. The van der Waals surface area contributed by atoms with E-state index in [9.17, 15) is 14.7 Å². The van der Waals surface area contributed by atoms with Crippen molar-refractivity contribution in [1.29, 1.82) is 0 Å². The number of hydrogen-bond donors (Lipinski definition) is 4. The van der Waals surface area contributed by atoms with Crippen molar-refractivity contribution in [2.45, 2.75) is 83.7 Å². The quantitative estimate of drug-likeness (QED) is 0.489. The first-order valence-electron chi connectivity index (χ1n) is 12.0. The third-order valence-corrected chi connectivity index (χ3v) is 7.51. The first-order valence-corrected chi connectivity index (χ1v) is 12.0. The maximum atomic E-state index is 15.3. The van der Waals surface area contributed by atoms with Gasteiger partial charge in [-0.1, -0.05) is 33.6 Å². The van der Waals surface area contributed by atoms with E-state index < -0.39 is 29.3 Å². The Kier molecular flexibility index (Phi) is 6.18. The van der Waals surface area contributed by atoms with Gasteiger partial charge in [0.15, 0.2) is 0 Å². The SMILES string of the molecule is CCc1nn(-c2cc(F)c(C(N)=O)c(NC3([C@H](N)C(=O)O)CCCC3)c2)c2c1CCC(C)(C)C2. The molecule has 1 aromatic heterocycles. The number of aryl methyl sites for hydroxylation is 1. The zero-order chi connectivity index (χ0) is 24.8. The number of halogens is 1. The minimum absolute atomic E-state index is 0.0880. The molecule has 0 spiro atoms. The molecule has 34 heavy (non-hydrogen) atoms. The number of primary amides is 1. The molecule has 9 heteroatoms. The molecule has 2 aliphatic carbocycles. The van der Waals surface area contributed by atoms with Gasteiger partial charge in [-0.2, -0.15) is 5.10 Å². The van der Waals surface area contributed by atoms with E-state index in [1.807, 2.05) is 6.92 Å². The molecular formula is C25H34FN5O3. The van der Waals surface area contributed by atoms with Crippen LogP contribution in [0, 0.1) is 11.2 Å². The zero-order valence-electron chi connectivity index (χ0n) is 20.1. The lowest BCUT2D eigenvalue weighted by atomic mass is 9.76. The van der Waals surface area contributed by atoms with Gasteiger partial charge in [0.1, 0.15) is 11.9 Å². The van der Waals surface area contributed by atoms with E-state index in [0.29, 0.717) is 18.5 Å². The minimum atomic E-state index is -1.22. The van der Waals surface area contributed by atoms with E-state index in [1.54, 1.807) is 10.7 Å². The summed E-state index contributed by atoms with van der Waals surface area (Å²) in [5.74, 6) is -2.86. The molecule has 184 valence electrons. The summed E-state index contributed by atoms with van der Waals surface area (Å²) in [6.07, 6.45) is 6.08. The van der Waals surface area contributed by atoms with Crippen molar-refractivity contribution in [2.24, 2.45) is 16.9 Å². The molecule has 6 N–H and O–H groups in total. The Hall–Kier alpha value is -2.94. The van der Waals surface area contributed by atoms with Crippen LogP contribution in [0.2, 0.25) is 0 Å². The summed E-state index contributed by atoms with van der Waals surface area (Å²) in [6, 6.07) is 1.71.